The van der Waals surface area contributed by atoms with Crippen LogP contribution in [0.4, 0.5) is 10.8 Å². The van der Waals surface area contributed by atoms with Crippen LogP contribution in [0.3, 0.4) is 0 Å². The van der Waals surface area contributed by atoms with E-state index in [-0.39, 0.29) is 22.5 Å². The first-order valence-corrected chi connectivity index (χ1v) is 10.6. The zero-order valence-electron chi connectivity index (χ0n) is 12.1. The van der Waals surface area contributed by atoms with Crippen molar-refractivity contribution in [1.82, 2.24) is 4.37 Å². The molecule has 0 amide bonds. The van der Waals surface area contributed by atoms with Crippen LogP contribution in [0.15, 0.2) is 4.90 Å². The van der Waals surface area contributed by atoms with Gasteiger partial charge in [-0.25, -0.2) is 16.8 Å². The summed E-state index contributed by atoms with van der Waals surface area (Å²) in [4.78, 5) is 0.0132. The Morgan fingerprint density at radius 1 is 1.33 bits per heavy atom. The first kappa shape index (κ1) is 16.5. The number of aromatic nitrogens is 1. The summed E-state index contributed by atoms with van der Waals surface area (Å²) < 4.78 is 50.9. The van der Waals surface area contributed by atoms with Crippen molar-refractivity contribution in [2.24, 2.45) is 0 Å². The van der Waals surface area contributed by atoms with Crippen molar-refractivity contribution >= 4 is 42.0 Å². The molecule has 1 aliphatic rings. The van der Waals surface area contributed by atoms with Crippen LogP contribution >= 0.6 is 11.5 Å². The van der Waals surface area contributed by atoms with Crippen LogP contribution < -0.4 is 11.1 Å². The molecular formula is C11H19N3O4S3. The molecule has 1 aromatic heterocycles. The highest BCUT2D eigenvalue weighted by molar-refractivity contribution is 7.93. The fourth-order valence-corrected chi connectivity index (χ4v) is 4.87. The number of sulfone groups is 2. The number of nitrogens with one attached hydrogen (secondary N) is 1. The molecule has 1 aliphatic carbocycles. The number of hydrogen-bond donors (Lipinski definition) is 2. The monoisotopic (exact) mass is 353 g/mol. The second-order valence-corrected chi connectivity index (χ2v) is 11.4. The third kappa shape index (κ3) is 3.16. The van der Waals surface area contributed by atoms with E-state index in [0.717, 1.165) is 17.8 Å². The molecular weight excluding hydrogens is 334 g/mol. The van der Waals surface area contributed by atoms with Gasteiger partial charge >= 0.3 is 0 Å². The summed E-state index contributed by atoms with van der Waals surface area (Å²) in [6.45, 7) is 3.24. The van der Waals surface area contributed by atoms with Gasteiger partial charge in [-0.05, 0) is 38.2 Å². The highest BCUT2D eigenvalue weighted by atomic mass is 32.2. The lowest BCUT2D eigenvalue weighted by atomic mass is 10.2. The summed E-state index contributed by atoms with van der Waals surface area (Å²) in [5.41, 5.74) is 5.68. The van der Waals surface area contributed by atoms with E-state index in [4.69, 9.17) is 5.73 Å². The van der Waals surface area contributed by atoms with E-state index in [9.17, 15) is 16.8 Å². The predicted octanol–water partition coefficient (Wildman–Crippen LogP) is 0.897. The van der Waals surface area contributed by atoms with Crippen molar-refractivity contribution in [3.8, 4) is 0 Å². The van der Waals surface area contributed by atoms with Crippen molar-refractivity contribution in [3.05, 3.63) is 0 Å². The smallest absolute Gasteiger partial charge is 0.187 e. The van der Waals surface area contributed by atoms with Crippen molar-refractivity contribution in [1.29, 1.82) is 0 Å². The van der Waals surface area contributed by atoms with Crippen LogP contribution in [0.2, 0.25) is 0 Å². The maximum absolute atomic E-state index is 12.3. The first-order valence-electron chi connectivity index (χ1n) is 6.39. The topological polar surface area (TPSA) is 119 Å². The van der Waals surface area contributed by atoms with E-state index < -0.39 is 24.4 Å². The van der Waals surface area contributed by atoms with Gasteiger partial charge in [0.2, 0.25) is 0 Å². The molecule has 0 aromatic carbocycles. The summed E-state index contributed by atoms with van der Waals surface area (Å²) >= 11 is 0.939. The van der Waals surface area contributed by atoms with Gasteiger partial charge in [0.15, 0.2) is 25.5 Å². The molecule has 0 saturated heterocycles. The van der Waals surface area contributed by atoms with Gasteiger partial charge in [-0.3, -0.25) is 0 Å². The molecule has 0 unspecified atom stereocenters. The standard InChI is InChI=1S/C11H19N3O4S3/c1-11(2,20(3,15)16)6-13-10-8(9(12)14-19-10)21(17,18)7-4-5-7/h7,13H,4-6H2,1-3H3,(H2,12,14). The van der Waals surface area contributed by atoms with Gasteiger partial charge in [0.05, 0.1) is 10.00 Å². The highest BCUT2D eigenvalue weighted by Crippen LogP contribution is 2.41. The van der Waals surface area contributed by atoms with Crippen LogP contribution in [0.5, 0.6) is 0 Å². The lowest BCUT2D eigenvalue weighted by molar-refractivity contribution is 0.560. The minimum absolute atomic E-state index is 0.0132. The van der Waals surface area contributed by atoms with E-state index in [1.165, 1.54) is 0 Å². The average molecular weight is 353 g/mol. The van der Waals surface area contributed by atoms with Crippen LogP contribution in [-0.4, -0.2) is 44.0 Å². The number of anilines is 2. The largest absolute Gasteiger partial charge is 0.382 e. The maximum Gasteiger partial charge on any atom is 0.187 e. The fraction of sp³-hybridized carbons (Fsp3) is 0.727. The first-order chi connectivity index (χ1) is 9.47. The van der Waals surface area contributed by atoms with E-state index >= 15 is 0 Å². The van der Waals surface area contributed by atoms with Gasteiger partial charge in [0.25, 0.3) is 0 Å². The Balaban J connectivity index is 2.27. The van der Waals surface area contributed by atoms with Gasteiger partial charge in [-0.2, -0.15) is 4.37 Å². The Bertz CT molecular complexity index is 746. The Hall–Kier alpha value is -0.870. The molecule has 10 heteroatoms. The molecule has 1 aromatic rings. The number of nitrogen functional groups attached to an aromatic ring is 1. The number of nitrogens with zero attached hydrogens (tertiary/aromatic N) is 1. The molecule has 0 bridgehead atoms. The molecule has 0 radical (unpaired) electrons. The van der Waals surface area contributed by atoms with Gasteiger partial charge in [-0.1, -0.05) is 0 Å². The van der Waals surface area contributed by atoms with Crippen LogP contribution in [0.25, 0.3) is 0 Å². The fourth-order valence-electron chi connectivity index (χ4n) is 1.65. The van der Waals surface area contributed by atoms with Crippen LogP contribution in [0, 0.1) is 0 Å². The lowest BCUT2D eigenvalue weighted by Crippen LogP contribution is -2.38. The van der Waals surface area contributed by atoms with Gasteiger partial charge in [-0.15, -0.1) is 0 Å². The molecule has 7 nitrogen and oxygen atoms in total. The normalized spacial score (nSPS) is 16.9. The van der Waals surface area contributed by atoms with E-state index in [1.54, 1.807) is 13.8 Å². The molecule has 2 rings (SSSR count). The van der Waals surface area contributed by atoms with Crippen LogP contribution in [0.1, 0.15) is 26.7 Å². The van der Waals surface area contributed by atoms with Crippen molar-refractivity contribution < 1.29 is 16.8 Å². The van der Waals surface area contributed by atoms with E-state index in [2.05, 4.69) is 9.69 Å². The molecule has 1 saturated carbocycles. The summed E-state index contributed by atoms with van der Waals surface area (Å²) in [6.07, 6.45) is 2.41. The summed E-state index contributed by atoms with van der Waals surface area (Å²) in [5, 5.41) is 2.81. The Kier molecular flexibility index (Phi) is 4.00. The lowest BCUT2D eigenvalue weighted by Gasteiger charge is -2.23. The summed E-state index contributed by atoms with van der Waals surface area (Å²) in [6, 6.07) is 0. The van der Waals surface area contributed by atoms with Gasteiger partial charge in [0.1, 0.15) is 9.90 Å². The third-order valence-electron chi connectivity index (χ3n) is 3.60. The number of nitrogens with two attached hydrogens (primary N) is 1. The second kappa shape index (κ2) is 5.10. The molecule has 0 atom stereocenters. The molecule has 3 N–H and O–H groups in total. The van der Waals surface area contributed by atoms with Crippen molar-refractivity contribution in [2.75, 3.05) is 23.9 Å². The molecule has 1 heterocycles. The van der Waals surface area contributed by atoms with Crippen molar-refractivity contribution in [3.63, 3.8) is 0 Å². The van der Waals surface area contributed by atoms with E-state index in [0.29, 0.717) is 17.8 Å². The minimum Gasteiger partial charge on any atom is -0.382 e. The quantitative estimate of drug-likeness (QED) is 0.779. The Morgan fingerprint density at radius 3 is 2.38 bits per heavy atom. The second-order valence-electron chi connectivity index (χ2n) is 5.86. The zero-order chi connectivity index (χ0) is 16.1. The summed E-state index contributed by atoms with van der Waals surface area (Å²) in [7, 11) is -6.75. The molecule has 0 aliphatic heterocycles. The van der Waals surface area contributed by atoms with Gasteiger partial charge in [0, 0.05) is 12.8 Å². The van der Waals surface area contributed by atoms with Crippen LogP contribution in [-0.2, 0) is 19.7 Å². The summed E-state index contributed by atoms with van der Waals surface area (Å²) in [5.74, 6) is -0.0217. The number of hydrogen-bond acceptors (Lipinski definition) is 8. The predicted molar refractivity (Wildman–Crippen MR) is 84.1 cm³/mol. The zero-order valence-corrected chi connectivity index (χ0v) is 14.5. The average Bonchev–Trinajstić information content (AvgIpc) is 3.10. The minimum atomic E-state index is -3.48. The third-order valence-corrected chi connectivity index (χ3v) is 9.03. The van der Waals surface area contributed by atoms with Gasteiger partial charge < -0.3 is 11.1 Å². The Labute approximate surface area is 128 Å². The molecule has 1 fully saturated rings. The Morgan fingerprint density at radius 2 is 1.90 bits per heavy atom. The molecule has 21 heavy (non-hydrogen) atoms. The molecule has 0 spiro atoms. The van der Waals surface area contributed by atoms with Crippen molar-refractivity contribution in [2.45, 2.75) is 41.6 Å². The highest BCUT2D eigenvalue weighted by Gasteiger charge is 2.41. The molecule has 120 valence electrons. The number of rotatable bonds is 6. The SMILES string of the molecule is CC(C)(CNc1snc(N)c1S(=O)(=O)C1CC1)S(C)(=O)=O. The van der Waals surface area contributed by atoms with E-state index in [1.807, 2.05) is 0 Å². The maximum atomic E-state index is 12.3.